The molecule has 1 heterocycles. The third kappa shape index (κ3) is 1.17. The molecule has 0 aromatic carbocycles. The Morgan fingerprint density at radius 1 is 1.71 bits per heavy atom. The summed E-state index contributed by atoms with van der Waals surface area (Å²) in [6.45, 7) is 0.233. The van der Waals surface area contributed by atoms with Crippen LogP contribution < -0.4 is 0 Å². The molecule has 0 aromatic rings. The molecule has 7 heavy (non-hydrogen) atoms. The SMILES string of the molecule is OC1C=COOC1. The number of aliphatic hydroxyl groups is 1. The van der Waals surface area contributed by atoms with Crippen LogP contribution in [0.2, 0.25) is 0 Å². The fraction of sp³-hybridized carbons (Fsp3) is 0.500. The lowest BCUT2D eigenvalue weighted by molar-refractivity contribution is -0.268. The van der Waals surface area contributed by atoms with Crippen LogP contribution in [0.25, 0.3) is 0 Å². The molecule has 1 aliphatic heterocycles. The largest absolute Gasteiger partial charge is 0.386 e. The van der Waals surface area contributed by atoms with E-state index in [1.807, 2.05) is 0 Å². The van der Waals surface area contributed by atoms with Crippen molar-refractivity contribution >= 4 is 0 Å². The first kappa shape index (κ1) is 4.61. The van der Waals surface area contributed by atoms with E-state index in [-0.39, 0.29) is 6.61 Å². The molecular formula is C4H6O3. The summed E-state index contributed by atoms with van der Waals surface area (Å²) in [6.07, 6.45) is 2.34. The van der Waals surface area contributed by atoms with Crippen molar-refractivity contribution in [2.45, 2.75) is 6.10 Å². The van der Waals surface area contributed by atoms with E-state index in [4.69, 9.17) is 5.11 Å². The van der Waals surface area contributed by atoms with Gasteiger partial charge in [0, 0.05) is 0 Å². The van der Waals surface area contributed by atoms with Crippen molar-refractivity contribution in [2.75, 3.05) is 6.61 Å². The van der Waals surface area contributed by atoms with Gasteiger partial charge in [0.05, 0.1) is 0 Å². The van der Waals surface area contributed by atoms with E-state index in [2.05, 4.69) is 9.78 Å². The maximum atomic E-state index is 8.62. The van der Waals surface area contributed by atoms with Gasteiger partial charge in [0.15, 0.2) is 0 Å². The Balaban J connectivity index is 2.36. The van der Waals surface area contributed by atoms with E-state index in [1.165, 1.54) is 12.3 Å². The molecule has 0 amide bonds. The van der Waals surface area contributed by atoms with Crippen LogP contribution in [0.3, 0.4) is 0 Å². The van der Waals surface area contributed by atoms with Gasteiger partial charge in [0.1, 0.15) is 19.0 Å². The van der Waals surface area contributed by atoms with Gasteiger partial charge in [-0.15, -0.1) is 0 Å². The standard InChI is InChI=1S/C4H6O3/c5-4-1-2-6-7-3-4/h1-2,4-5H,3H2. The van der Waals surface area contributed by atoms with Crippen molar-refractivity contribution in [3.8, 4) is 0 Å². The summed E-state index contributed by atoms with van der Waals surface area (Å²) >= 11 is 0. The second-order valence-corrected chi connectivity index (χ2v) is 1.28. The second kappa shape index (κ2) is 1.95. The van der Waals surface area contributed by atoms with Crippen LogP contribution >= 0.6 is 0 Å². The van der Waals surface area contributed by atoms with Gasteiger partial charge in [-0.3, -0.25) is 0 Å². The van der Waals surface area contributed by atoms with Crippen LogP contribution in [0.1, 0.15) is 0 Å². The van der Waals surface area contributed by atoms with Crippen molar-refractivity contribution in [1.29, 1.82) is 0 Å². The fourth-order valence-corrected chi connectivity index (χ4v) is 0.327. The minimum absolute atomic E-state index is 0.233. The topological polar surface area (TPSA) is 38.7 Å². The number of aliphatic hydroxyl groups excluding tert-OH is 1. The first-order valence-electron chi connectivity index (χ1n) is 2.02. The van der Waals surface area contributed by atoms with Crippen LogP contribution in [0, 0.1) is 0 Å². The van der Waals surface area contributed by atoms with E-state index >= 15 is 0 Å². The van der Waals surface area contributed by atoms with E-state index in [1.54, 1.807) is 0 Å². The lowest BCUT2D eigenvalue weighted by Gasteiger charge is -2.08. The lowest BCUT2D eigenvalue weighted by atomic mass is 10.4. The molecule has 0 aromatic heterocycles. The molecule has 0 saturated carbocycles. The van der Waals surface area contributed by atoms with Gasteiger partial charge in [0.2, 0.25) is 0 Å². The molecule has 0 aliphatic carbocycles. The Morgan fingerprint density at radius 2 is 2.57 bits per heavy atom. The second-order valence-electron chi connectivity index (χ2n) is 1.28. The zero-order chi connectivity index (χ0) is 5.11. The number of hydrogen-bond acceptors (Lipinski definition) is 3. The van der Waals surface area contributed by atoms with E-state index < -0.39 is 6.10 Å². The first-order chi connectivity index (χ1) is 3.39. The smallest absolute Gasteiger partial charge is 0.128 e. The van der Waals surface area contributed by atoms with Crippen LogP contribution in [0.15, 0.2) is 12.3 Å². The maximum Gasteiger partial charge on any atom is 0.128 e. The van der Waals surface area contributed by atoms with Crippen molar-refractivity contribution in [2.24, 2.45) is 0 Å². The molecule has 0 bridgehead atoms. The third-order valence-electron chi connectivity index (χ3n) is 0.663. The Bertz CT molecular complexity index is 79.0. The maximum absolute atomic E-state index is 8.62. The lowest BCUT2D eigenvalue weighted by Crippen LogP contribution is -2.14. The molecular weight excluding hydrogens is 96.0 g/mol. The third-order valence-corrected chi connectivity index (χ3v) is 0.663. The van der Waals surface area contributed by atoms with Crippen LogP contribution in [0.5, 0.6) is 0 Å². The molecule has 0 spiro atoms. The van der Waals surface area contributed by atoms with Gasteiger partial charge in [-0.2, -0.15) is 4.89 Å². The first-order valence-corrected chi connectivity index (χ1v) is 2.02. The summed E-state index contributed by atoms with van der Waals surface area (Å²) in [5, 5.41) is 8.62. The molecule has 3 heteroatoms. The molecule has 0 fully saturated rings. The van der Waals surface area contributed by atoms with Crippen molar-refractivity contribution < 1.29 is 14.9 Å². The Kier molecular flexibility index (Phi) is 1.29. The van der Waals surface area contributed by atoms with Gasteiger partial charge < -0.3 is 9.99 Å². The predicted molar refractivity (Wildman–Crippen MR) is 22.2 cm³/mol. The Labute approximate surface area is 41.1 Å². The fourth-order valence-electron chi connectivity index (χ4n) is 0.327. The highest BCUT2D eigenvalue weighted by Crippen LogP contribution is 1.95. The Morgan fingerprint density at radius 3 is 2.86 bits per heavy atom. The van der Waals surface area contributed by atoms with Crippen molar-refractivity contribution in [1.82, 2.24) is 0 Å². The minimum atomic E-state index is -0.492. The molecule has 0 saturated heterocycles. The van der Waals surface area contributed by atoms with E-state index in [9.17, 15) is 0 Å². The summed E-state index contributed by atoms with van der Waals surface area (Å²) in [6, 6.07) is 0. The summed E-state index contributed by atoms with van der Waals surface area (Å²) in [5.74, 6) is 0. The van der Waals surface area contributed by atoms with E-state index in [0.717, 1.165) is 0 Å². The van der Waals surface area contributed by atoms with Gasteiger partial charge in [-0.25, -0.2) is 0 Å². The quantitative estimate of drug-likeness (QED) is 0.431. The molecule has 3 nitrogen and oxygen atoms in total. The molecule has 1 rings (SSSR count). The monoisotopic (exact) mass is 102 g/mol. The van der Waals surface area contributed by atoms with Gasteiger partial charge in [-0.05, 0) is 6.08 Å². The zero-order valence-corrected chi connectivity index (χ0v) is 3.70. The van der Waals surface area contributed by atoms with Gasteiger partial charge in [0.25, 0.3) is 0 Å². The predicted octanol–water partition coefficient (Wildman–Crippen LogP) is -0.177. The zero-order valence-electron chi connectivity index (χ0n) is 3.70. The molecule has 1 unspecified atom stereocenters. The summed E-state index contributed by atoms with van der Waals surface area (Å²) in [4.78, 5) is 8.64. The number of hydrogen-bond donors (Lipinski definition) is 1. The average molecular weight is 102 g/mol. The van der Waals surface area contributed by atoms with Crippen LogP contribution in [0.4, 0.5) is 0 Å². The Hall–Kier alpha value is -0.540. The van der Waals surface area contributed by atoms with Gasteiger partial charge in [-0.1, -0.05) is 0 Å². The highest BCUT2D eigenvalue weighted by molar-refractivity contribution is 4.83. The highest BCUT2D eigenvalue weighted by atomic mass is 17.2. The van der Waals surface area contributed by atoms with Crippen molar-refractivity contribution in [3.05, 3.63) is 12.3 Å². The molecule has 0 radical (unpaired) electrons. The molecule has 1 N–H and O–H groups in total. The summed E-state index contributed by atoms with van der Waals surface area (Å²) in [7, 11) is 0. The van der Waals surface area contributed by atoms with Crippen molar-refractivity contribution in [3.63, 3.8) is 0 Å². The normalized spacial score (nSPS) is 29.6. The summed E-state index contributed by atoms with van der Waals surface area (Å²) in [5.41, 5.74) is 0. The van der Waals surface area contributed by atoms with E-state index in [0.29, 0.717) is 0 Å². The molecule has 1 atom stereocenters. The minimum Gasteiger partial charge on any atom is -0.386 e. The highest BCUT2D eigenvalue weighted by Gasteiger charge is 2.02. The van der Waals surface area contributed by atoms with Crippen LogP contribution in [-0.2, 0) is 9.78 Å². The number of rotatable bonds is 0. The van der Waals surface area contributed by atoms with Gasteiger partial charge >= 0.3 is 0 Å². The molecule has 1 aliphatic rings. The molecule has 40 valence electrons. The average Bonchev–Trinajstić information content (AvgIpc) is 1.69. The van der Waals surface area contributed by atoms with Crippen LogP contribution in [-0.4, -0.2) is 17.8 Å². The summed E-state index contributed by atoms with van der Waals surface area (Å²) < 4.78 is 0.